The summed E-state index contributed by atoms with van der Waals surface area (Å²) in [6, 6.07) is 12.6. The Morgan fingerprint density at radius 2 is 1.69 bits per heavy atom. The zero-order chi connectivity index (χ0) is 19.1. The van der Waals surface area contributed by atoms with E-state index >= 15 is 0 Å². The van der Waals surface area contributed by atoms with E-state index in [1.165, 1.54) is 0 Å². The Kier molecular flexibility index (Phi) is 6.32. The second kappa shape index (κ2) is 8.66. The molecule has 0 aromatic heterocycles. The summed E-state index contributed by atoms with van der Waals surface area (Å²) < 4.78 is 5.29. The Morgan fingerprint density at radius 1 is 1.04 bits per heavy atom. The molecule has 136 valence electrons. The predicted molar refractivity (Wildman–Crippen MR) is 97.8 cm³/mol. The molecule has 0 aliphatic heterocycles. The van der Waals surface area contributed by atoms with Crippen LogP contribution in [0.1, 0.15) is 40.1 Å². The zero-order valence-corrected chi connectivity index (χ0v) is 14.6. The van der Waals surface area contributed by atoms with Gasteiger partial charge in [-0.05, 0) is 43.7 Å². The maximum absolute atomic E-state index is 12.3. The maximum atomic E-state index is 12.3. The van der Waals surface area contributed by atoms with Gasteiger partial charge in [0.25, 0.3) is 0 Å². The van der Waals surface area contributed by atoms with Gasteiger partial charge in [0.15, 0.2) is 0 Å². The number of carbonyl (C=O) groups excluding carboxylic acids is 3. The molecule has 26 heavy (non-hydrogen) atoms. The Morgan fingerprint density at radius 3 is 2.31 bits per heavy atom. The number of hydrogen-bond acceptors (Lipinski definition) is 4. The van der Waals surface area contributed by atoms with Gasteiger partial charge in [0.05, 0.1) is 11.3 Å². The summed E-state index contributed by atoms with van der Waals surface area (Å²) in [5.41, 5.74) is 6.89. The van der Waals surface area contributed by atoms with Gasteiger partial charge in [0.1, 0.15) is 6.61 Å². The Bertz CT molecular complexity index is 801. The van der Waals surface area contributed by atoms with Crippen molar-refractivity contribution in [3.05, 3.63) is 65.2 Å². The lowest BCUT2D eigenvalue weighted by atomic mass is 10.1. The van der Waals surface area contributed by atoms with E-state index < -0.39 is 17.9 Å². The highest BCUT2D eigenvalue weighted by molar-refractivity contribution is 6.00. The van der Waals surface area contributed by atoms with E-state index in [1.807, 2.05) is 13.8 Å². The summed E-state index contributed by atoms with van der Waals surface area (Å²) >= 11 is 0. The SMILES string of the molecule is CC(C)NC(=O)Nc1ccccc1C(=O)OCc1ccc(C(N)=O)cc1. The minimum Gasteiger partial charge on any atom is -0.457 e. The van der Waals surface area contributed by atoms with Crippen LogP contribution in [0.3, 0.4) is 0 Å². The Balaban J connectivity index is 2.03. The van der Waals surface area contributed by atoms with Crippen LogP contribution in [0.5, 0.6) is 0 Å². The summed E-state index contributed by atoms with van der Waals surface area (Å²) in [7, 11) is 0. The minimum absolute atomic E-state index is 0.0301. The van der Waals surface area contributed by atoms with E-state index in [0.717, 1.165) is 0 Å². The van der Waals surface area contributed by atoms with Gasteiger partial charge in [-0.2, -0.15) is 0 Å². The number of esters is 1. The van der Waals surface area contributed by atoms with Crippen LogP contribution < -0.4 is 16.4 Å². The van der Waals surface area contributed by atoms with Crippen molar-refractivity contribution in [1.29, 1.82) is 0 Å². The van der Waals surface area contributed by atoms with E-state index in [-0.39, 0.29) is 18.2 Å². The third-order valence-electron chi connectivity index (χ3n) is 3.42. The van der Waals surface area contributed by atoms with E-state index in [4.69, 9.17) is 10.5 Å². The van der Waals surface area contributed by atoms with E-state index in [9.17, 15) is 14.4 Å². The molecule has 4 N–H and O–H groups in total. The molecule has 7 nitrogen and oxygen atoms in total. The molecule has 0 saturated heterocycles. The Labute approximate surface area is 151 Å². The summed E-state index contributed by atoms with van der Waals surface area (Å²) in [6.07, 6.45) is 0. The summed E-state index contributed by atoms with van der Waals surface area (Å²) in [5.74, 6) is -1.09. The van der Waals surface area contributed by atoms with E-state index in [0.29, 0.717) is 16.8 Å². The third kappa shape index (κ3) is 5.34. The van der Waals surface area contributed by atoms with Crippen LogP contribution in [-0.2, 0) is 11.3 Å². The molecule has 2 rings (SSSR count). The van der Waals surface area contributed by atoms with Gasteiger partial charge < -0.3 is 21.1 Å². The molecule has 3 amide bonds. The lowest BCUT2D eigenvalue weighted by Crippen LogP contribution is -2.34. The topological polar surface area (TPSA) is 111 Å². The van der Waals surface area contributed by atoms with Crippen LogP contribution in [0.4, 0.5) is 10.5 Å². The second-order valence-corrected chi connectivity index (χ2v) is 5.94. The first kappa shape index (κ1) is 19.0. The van der Waals surface area contributed by atoms with Crippen LogP contribution >= 0.6 is 0 Å². The standard InChI is InChI=1S/C19H21N3O4/c1-12(2)21-19(25)22-16-6-4-3-5-15(16)18(24)26-11-13-7-9-14(10-8-13)17(20)23/h3-10,12H,11H2,1-2H3,(H2,20,23)(H2,21,22,25). The van der Waals surface area contributed by atoms with Gasteiger partial charge in [-0.3, -0.25) is 4.79 Å². The molecule has 0 fully saturated rings. The van der Waals surface area contributed by atoms with Crippen LogP contribution in [0.2, 0.25) is 0 Å². The van der Waals surface area contributed by atoms with Gasteiger partial charge >= 0.3 is 12.0 Å². The number of amides is 3. The molecule has 0 unspecified atom stereocenters. The number of carbonyl (C=O) groups is 3. The normalized spacial score (nSPS) is 10.3. The number of benzene rings is 2. The number of para-hydroxylation sites is 1. The number of primary amides is 1. The average Bonchev–Trinajstić information content (AvgIpc) is 2.59. The third-order valence-corrected chi connectivity index (χ3v) is 3.42. The van der Waals surface area contributed by atoms with Crippen molar-refractivity contribution >= 4 is 23.6 Å². The van der Waals surface area contributed by atoms with E-state index in [2.05, 4.69) is 10.6 Å². The zero-order valence-electron chi connectivity index (χ0n) is 14.6. The molecular weight excluding hydrogens is 334 g/mol. The summed E-state index contributed by atoms with van der Waals surface area (Å²) in [6.45, 7) is 3.71. The fourth-order valence-corrected chi connectivity index (χ4v) is 2.18. The van der Waals surface area contributed by atoms with Gasteiger partial charge in [0.2, 0.25) is 5.91 Å². The molecule has 0 heterocycles. The van der Waals surface area contributed by atoms with Crippen molar-refractivity contribution in [3.8, 4) is 0 Å². The van der Waals surface area contributed by atoms with Crippen LogP contribution in [0.15, 0.2) is 48.5 Å². The number of nitrogens with two attached hydrogens (primary N) is 1. The second-order valence-electron chi connectivity index (χ2n) is 5.94. The van der Waals surface area contributed by atoms with Gasteiger partial charge in [0, 0.05) is 11.6 Å². The maximum Gasteiger partial charge on any atom is 0.340 e. The van der Waals surface area contributed by atoms with E-state index in [1.54, 1.807) is 48.5 Å². The smallest absolute Gasteiger partial charge is 0.340 e. The molecule has 0 bridgehead atoms. The average molecular weight is 355 g/mol. The predicted octanol–water partition coefficient (Wildman–Crippen LogP) is 2.67. The molecular formula is C19H21N3O4. The van der Waals surface area contributed by atoms with Crippen molar-refractivity contribution in [2.45, 2.75) is 26.5 Å². The Hall–Kier alpha value is -3.35. The lowest BCUT2D eigenvalue weighted by Gasteiger charge is -2.13. The number of rotatable bonds is 6. The number of anilines is 1. The van der Waals surface area contributed by atoms with Crippen LogP contribution in [0.25, 0.3) is 0 Å². The molecule has 0 aliphatic carbocycles. The van der Waals surface area contributed by atoms with Crippen molar-refractivity contribution in [2.24, 2.45) is 5.73 Å². The first-order valence-electron chi connectivity index (χ1n) is 8.09. The largest absolute Gasteiger partial charge is 0.457 e. The summed E-state index contributed by atoms with van der Waals surface area (Å²) in [5, 5.41) is 5.33. The molecule has 0 radical (unpaired) electrons. The quantitative estimate of drug-likeness (QED) is 0.692. The summed E-state index contributed by atoms with van der Waals surface area (Å²) in [4.78, 5) is 35.3. The number of hydrogen-bond donors (Lipinski definition) is 3. The number of nitrogens with one attached hydrogen (secondary N) is 2. The molecule has 0 saturated carbocycles. The fourth-order valence-electron chi connectivity index (χ4n) is 2.18. The highest BCUT2D eigenvalue weighted by Gasteiger charge is 2.15. The van der Waals surface area contributed by atoms with Gasteiger partial charge in [-0.1, -0.05) is 24.3 Å². The molecule has 0 spiro atoms. The molecule has 7 heteroatoms. The molecule has 2 aromatic rings. The van der Waals surface area contributed by atoms with Crippen molar-refractivity contribution in [1.82, 2.24) is 5.32 Å². The molecule has 2 aromatic carbocycles. The molecule has 0 aliphatic rings. The molecule has 0 atom stereocenters. The number of urea groups is 1. The van der Waals surface area contributed by atoms with Crippen LogP contribution in [0, 0.1) is 0 Å². The minimum atomic E-state index is -0.565. The lowest BCUT2D eigenvalue weighted by molar-refractivity contribution is 0.0473. The van der Waals surface area contributed by atoms with Crippen molar-refractivity contribution < 1.29 is 19.1 Å². The number of ether oxygens (including phenoxy) is 1. The fraction of sp³-hybridized carbons (Fsp3) is 0.211. The highest BCUT2D eigenvalue weighted by atomic mass is 16.5. The van der Waals surface area contributed by atoms with Gasteiger partial charge in [-0.15, -0.1) is 0 Å². The van der Waals surface area contributed by atoms with Gasteiger partial charge in [-0.25, -0.2) is 9.59 Å². The first-order chi connectivity index (χ1) is 12.4. The van der Waals surface area contributed by atoms with Crippen molar-refractivity contribution in [2.75, 3.05) is 5.32 Å². The van der Waals surface area contributed by atoms with Crippen LogP contribution in [-0.4, -0.2) is 23.9 Å². The van der Waals surface area contributed by atoms with Crippen molar-refractivity contribution in [3.63, 3.8) is 0 Å². The monoisotopic (exact) mass is 355 g/mol. The highest BCUT2D eigenvalue weighted by Crippen LogP contribution is 2.17. The first-order valence-corrected chi connectivity index (χ1v) is 8.09.